The fourth-order valence-corrected chi connectivity index (χ4v) is 2.34. The summed E-state index contributed by atoms with van der Waals surface area (Å²) < 4.78 is 0. The lowest BCUT2D eigenvalue weighted by atomic mass is 9.97. The molecule has 0 radical (unpaired) electrons. The Labute approximate surface area is 115 Å². The molecule has 0 unspecified atom stereocenters. The molecular weight excluding hydrogens is 269 g/mol. The van der Waals surface area contributed by atoms with Gasteiger partial charge in [0.05, 0.1) is 6.42 Å². The van der Waals surface area contributed by atoms with Gasteiger partial charge in [-0.05, 0) is 23.3 Å². The molecule has 0 fully saturated rings. The number of benzene rings is 2. The van der Waals surface area contributed by atoms with E-state index in [9.17, 15) is 4.79 Å². The Morgan fingerprint density at radius 3 is 2.44 bits per heavy atom. The Morgan fingerprint density at radius 1 is 1.06 bits per heavy atom. The number of carbonyl (C=O) groups is 1. The van der Waals surface area contributed by atoms with Gasteiger partial charge in [0, 0.05) is 15.6 Å². The first kappa shape index (κ1) is 12.9. The number of hydrogen-bond donors (Lipinski definition) is 1. The Bertz CT molecular complexity index is 596. The third-order valence-corrected chi connectivity index (χ3v) is 3.15. The lowest BCUT2D eigenvalue weighted by Crippen LogP contribution is -2.14. The second-order valence-electron chi connectivity index (χ2n) is 3.92. The van der Waals surface area contributed by atoms with E-state index in [2.05, 4.69) is 0 Å². The van der Waals surface area contributed by atoms with Crippen LogP contribution in [-0.4, -0.2) is 5.91 Å². The molecule has 0 aromatic heterocycles. The van der Waals surface area contributed by atoms with Gasteiger partial charge in [-0.25, -0.2) is 0 Å². The zero-order chi connectivity index (χ0) is 13.1. The van der Waals surface area contributed by atoms with E-state index in [0.717, 1.165) is 16.7 Å². The predicted molar refractivity (Wildman–Crippen MR) is 74.8 cm³/mol. The topological polar surface area (TPSA) is 43.1 Å². The highest BCUT2D eigenvalue weighted by Crippen LogP contribution is 2.32. The Kier molecular flexibility index (Phi) is 3.90. The molecular formula is C14H11Cl2NO. The number of hydrogen-bond acceptors (Lipinski definition) is 1. The van der Waals surface area contributed by atoms with E-state index in [1.54, 1.807) is 12.1 Å². The summed E-state index contributed by atoms with van der Waals surface area (Å²) >= 11 is 12.0. The van der Waals surface area contributed by atoms with Crippen molar-refractivity contribution in [3.05, 3.63) is 58.1 Å². The molecule has 0 saturated heterocycles. The van der Waals surface area contributed by atoms with Crippen LogP contribution in [0.4, 0.5) is 0 Å². The van der Waals surface area contributed by atoms with Crippen LogP contribution < -0.4 is 5.73 Å². The van der Waals surface area contributed by atoms with Crippen LogP contribution >= 0.6 is 23.2 Å². The van der Waals surface area contributed by atoms with Crippen LogP contribution in [0.15, 0.2) is 42.5 Å². The molecule has 0 aliphatic rings. The predicted octanol–water partition coefficient (Wildman–Crippen LogP) is 3.69. The molecule has 2 N–H and O–H groups in total. The molecule has 92 valence electrons. The second kappa shape index (κ2) is 5.42. The van der Waals surface area contributed by atoms with Crippen molar-refractivity contribution in [3.8, 4) is 11.1 Å². The van der Waals surface area contributed by atoms with Gasteiger partial charge in [-0.2, -0.15) is 0 Å². The van der Waals surface area contributed by atoms with Gasteiger partial charge >= 0.3 is 0 Å². The van der Waals surface area contributed by atoms with Gasteiger partial charge in [0.15, 0.2) is 0 Å². The summed E-state index contributed by atoms with van der Waals surface area (Å²) in [6.07, 6.45) is 0.190. The Balaban J connectivity index is 2.53. The van der Waals surface area contributed by atoms with Crippen LogP contribution in [0.5, 0.6) is 0 Å². The SMILES string of the molecule is NC(=O)Cc1ccccc1-c1ccc(Cl)cc1Cl. The first-order chi connectivity index (χ1) is 8.58. The van der Waals surface area contributed by atoms with Crippen molar-refractivity contribution in [2.75, 3.05) is 0 Å². The van der Waals surface area contributed by atoms with E-state index in [4.69, 9.17) is 28.9 Å². The first-order valence-electron chi connectivity index (χ1n) is 5.39. The summed E-state index contributed by atoms with van der Waals surface area (Å²) in [5.41, 5.74) is 7.84. The molecule has 0 saturated carbocycles. The Morgan fingerprint density at radius 2 is 1.78 bits per heavy atom. The van der Waals surface area contributed by atoms with Crippen LogP contribution in [0, 0.1) is 0 Å². The van der Waals surface area contributed by atoms with Crippen LogP contribution in [-0.2, 0) is 11.2 Å². The fourth-order valence-electron chi connectivity index (χ4n) is 1.83. The van der Waals surface area contributed by atoms with Gasteiger partial charge in [-0.15, -0.1) is 0 Å². The van der Waals surface area contributed by atoms with E-state index in [-0.39, 0.29) is 12.3 Å². The quantitative estimate of drug-likeness (QED) is 0.915. The number of primary amides is 1. The normalized spacial score (nSPS) is 10.3. The van der Waals surface area contributed by atoms with Gasteiger partial charge in [-0.1, -0.05) is 53.5 Å². The highest BCUT2D eigenvalue weighted by molar-refractivity contribution is 6.36. The number of nitrogens with two attached hydrogens (primary N) is 1. The second-order valence-corrected chi connectivity index (χ2v) is 4.77. The molecule has 2 aromatic rings. The monoisotopic (exact) mass is 279 g/mol. The van der Waals surface area contributed by atoms with Crippen LogP contribution in [0.25, 0.3) is 11.1 Å². The molecule has 4 heteroatoms. The summed E-state index contributed by atoms with van der Waals surface area (Å²) in [6.45, 7) is 0. The Hall–Kier alpha value is -1.51. The number of halogens is 2. The zero-order valence-corrected chi connectivity index (χ0v) is 11.0. The van der Waals surface area contributed by atoms with Crippen LogP contribution in [0.1, 0.15) is 5.56 Å². The smallest absolute Gasteiger partial charge is 0.221 e. The average molecular weight is 280 g/mol. The summed E-state index contributed by atoms with van der Waals surface area (Å²) in [5, 5.41) is 1.13. The summed E-state index contributed by atoms with van der Waals surface area (Å²) in [6, 6.07) is 12.8. The van der Waals surface area contributed by atoms with Crippen molar-refractivity contribution >= 4 is 29.1 Å². The van der Waals surface area contributed by atoms with Crippen molar-refractivity contribution < 1.29 is 4.79 Å². The standard InChI is InChI=1S/C14H11Cl2NO/c15-10-5-6-12(13(16)8-10)11-4-2-1-3-9(11)7-14(17)18/h1-6,8H,7H2,(H2,17,18). The molecule has 0 atom stereocenters. The van der Waals surface area contributed by atoms with Gasteiger partial charge in [0.25, 0.3) is 0 Å². The van der Waals surface area contributed by atoms with Gasteiger partial charge in [-0.3, -0.25) is 4.79 Å². The third-order valence-electron chi connectivity index (χ3n) is 2.60. The molecule has 2 rings (SSSR count). The molecule has 0 heterocycles. The lowest BCUT2D eigenvalue weighted by Gasteiger charge is -2.10. The summed E-state index contributed by atoms with van der Waals surface area (Å²) in [5.74, 6) is -0.368. The zero-order valence-electron chi connectivity index (χ0n) is 9.49. The highest BCUT2D eigenvalue weighted by Gasteiger charge is 2.10. The number of rotatable bonds is 3. The molecule has 1 amide bonds. The maximum absolute atomic E-state index is 11.1. The van der Waals surface area contributed by atoms with Gasteiger partial charge < -0.3 is 5.73 Å². The minimum absolute atomic E-state index is 0.190. The largest absolute Gasteiger partial charge is 0.369 e. The molecule has 18 heavy (non-hydrogen) atoms. The molecule has 0 bridgehead atoms. The van der Waals surface area contributed by atoms with Gasteiger partial charge in [0.2, 0.25) is 5.91 Å². The average Bonchev–Trinajstić information content (AvgIpc) is 2.30. The van der Waals surface area contributed by atoms with Crippen molar-refractivity contribution in [3.63, 3.8) is 0 Å². The van der Waals surface area contributed by atoms with Gasteiger partial charge in [0.1, 0.15) is 0 Å². The van der Waals surface area contributed by atoms with Crippen molar-refractivity contribution in [1.82, 2.24) is 0 Å². The van der Waals surface area contributed by atoms with Crippen LogP contribution in [0.2, 0.25) is 10.0 Å². The minimum atomic E-state index is -0.368. The van der Waals surface area contributed by atoms with Crippen molar-refractivity contribution in [1.29, 1.82) is 0 Å². The van der Waals surface area contributed by atoms with E-state index in [1.807, 2.05) is 30.3 Å². The van der Waals surface area contributed by atoms with E-state index in [0.29, 0.717) is 10.0 Å². The van der Waals surface area contributed by atoms with E-state index < -0.39 is 0 Å². The maximum Gasteiger partial charge on any atom is 0.221 e. The highest BCUT2D eigenvalue weighted by atomic mass is 35.5. The van der Waals surface area contributed by atoms with E-state index >= 15 is 0 Å². The maximum atomic E-state index is 11.1. The number of carbonyl (C=O) groups excluding carboxylic acids is 1. The summed E-state index contributed by atoms with van der Waals surface area (Å²) in [7, 11) is 0. The fraction of sp³-hybridized carbons (Fsp3) is 0.0714. The molecule has 0 spiro atoms. The lowest BCUT2D eigenvalue weighted by molar-refractivity contribution is -0.117. The number of amides is 1. The summed E-state index contributed by atoms with van der Waals surface area (Å²) in [4.78, 5) is 11.1. The first-order valence-corrected chi connectivity index (χ1v) is 6.15. The van der Waals surface area contributed by atoms with Crippen LogP contribution in [0.3, 0.4) is 0 Å². The third kappa shape index (κ3) is 2.84. The minimum Gasteiger partial charge on any atom is -0.369 e. The molecule has 2 aromatic carbocycles. The van der Waals surface area contributed by atoms with Crippen molar-refractivity contribution in [2.24, 2.45) is 5.73 Å². The molecule has 0 aliphatic carbocycles. The molecule has 2 nitrogen and oxygen atoms in total. The molecule has 0 aliphatic heterocycles. The van der Waals surface area contributed by atoms with Crippen molar-refractivity contribution in [2.45, 2.75) is 6.42 Å². The van der Waals surface area contributed by atoms with E-state index in [1.165, 1.54) is 0 Å².